The highest BCUT2D eigenvalue weighted by Crippen LogP contribution is 2.19. The van der Waals surface area contributed by atoms with Crippen LogP contribution in [0.2, 0.25) is 0 Å². The van der Waals surface area contributed by atoms with E-state index >= 15 is 0 Å². The number of nitrogens with two attached hydrogens (primary N) is 1. The van der Waals surface area contributed by atoms with E-state index < -0.39 is 29.9 Å². The van der Waals surface area contributed by atoms with E-state index in [4.69, 9.17) is 10.8 Å². The van der Waals surface area contributed by atoms with E-state index in [2.05, 4.69) is 28.2 Å². The van der Waals surface area contributed by atoms with Crippen molar-refractivity contribution in [3.8, 4) is 0 Å². The molecular formula is C16H20N4O4S. The molecule has 0 aliphatic rings. The normalized spacial score (nSPS) is 13.2. The van der Waals surface area contributed by atoms with Crippen molar-refractivity contribution in [3.63, 3.8) is 0 Å². The lowest BCUT2D eigenvalue weighted by atomic mass is 10.0. The maximum absolute atomic E-state index is 12.5. The fraction of sp³-hybridized carbons (Fsp3) is 0.312. The number of hydrogen-bond donors (Lipinski definition) is 6. The van der Waals surface area contributed by atoms with Gasteiger partial charge in [-0.05, 0) is 11.6 Å². The van der Waals surface area contributed by atoms with Crippen LogP contribution in [0, 0.1) is 0 Å². The fourth-order valence-electron chi connectivity index (χ4n) is 2.44. The topological polar surface area (TPSA) is 137 Å². The number of thiol groups is 1. The SMILES string of the molecule is NCC(=O)N[C@@H](Cc1c[nH]c2ccccc12)C(=O)N[C@@H](CS)C(=O)O. The third kappa shape index (κ3) is 4.74. The minimum absolute atomic E-state index is 0.0638. The number of hydrogen-bond acceptors (Lipinski definition) is 5. The van der Waals surface area contributed by atoms with Crippen LogP contribution in [0.5, 0.6) is 0 Å². The Kier molecular flexibility index (Phi) is 6.43. The Morgan fingerprint density at radius 2 is 1.92 bits per heavy atom. The Balaban J connectivity index is 2.21. The molecule has 0 aliphatic carbocycles. The summed E-state index contributed by atoms with van der Waals surface area (Å²) < 4.78 is 0. The van der Waals surface area contributed by atoms with Gasteiger partial charge < -0.3 is 26.5 Å². The van der Waals surface area contributed by atoms with Gasteiger partial charge >= 0.3 is 5.97 Å². The Bertz CT molecular complexity index is 776. The lowest BCUT2D eigenvalue weighted by Gasteiger charge is -2.20. The summed E-state index contributed by atoms with van der Waals surface area (Å²) in [6.45, 7) is -0.271. The molecule has 0 fully saturated rings. The van der Waals surface area contributed by atoms with Crippen LogP contribution < -0.4 is 16.4 Å². The molecule has 0 unspecified atom stereocenters. The first-order valence-corrected chi connectivity index (χ1v) is 8.28. The Labute approximate surface area is 149 Å². The summed E-state index contributed by atoms with van der Waals surface area (Å²) in [5.41, 5.74) is 7.03. The summed E-state index contributed by atoms with van der Waals surface area (Å²) in [7, 11) is 0. The van der Waals surface area contributed by atoms with E-state index in [9.17, 15) is 14.4 Å². The maximum Gasteiger partial charge on any atom is 0.327 e. The van der Waals surface area contributed by atoms with Gasteiger partial charge in [-0.15, -0.1) is 0 Å². The van der Waals surface area contributed by atoms with Gasteiger partial charge in [-0.2, -0.15) is 12.6 Å². The van der Waals surface area contributed by atoms with E-state index in [1.54, 1.807) is 6.20 Å². The first kappa shape index (κ1) is 18.8. The van der Waals surface area contributed by atoms with E-state index in [-0.39, 0.29) is 18.7 Å². The molecule has 1 heterocycles. The number of aromatic nitrogens is 1. The van der Waals surface area contributed by atoms with Crippen molar-refractivity contribution >= 4 is 41.3 Å². The van der Waals surface area contributed by atoms with Crippen molar-refractivity contribution < 1.29 is 19.5 Å². The van der Waals surface area contributed by atoms with Gasteiger partial charge in [-0.3, -0.25) is 9.59 Å². The first-order chi connectivity index (χ1) is 12.0. The zero-order chi connectivity index (χ0) is 18.4. The summed E-state index contributed by atoms with van der Waals surface area (Å²) in [6.07, 6.45) is 1.95. The number of H-pyrrole nitrogens is 1. The van der Waals surface area contributed by atoms with Crippen molar-refractivity contribution in [3.05, 3.63) is 36.0 Å². The van der Waals surface area contributed by atoms with Crippen LogP contribution >= 0.6 is 12.6 Å². The third-order valence-electron chi connectivity index (χ3n) is 3.73. The molecule has 8 nitrogen and oxygen atoms in total. The molecule has 2 atom stereocenters. The smallest absolute Gasteiger partial charge is 0.327 e. The maximum atomic E-state index is 12.5. The van der Waals surface area contributed by atoms with Crippen LogP contribution in [0.1, 0.15) is 5.56 Å². The second-order valence-corrected chi connectivity index (χ2v) is 5.83. The average molecular weight is 364 g/mol. The molecule has 0 saturated carbocycles. The summed E-state index contributed by atoms with van der Waals surface area (Å²) in [4.78, 5) is 38.3. The molecule has 25 heavy (non-hydrogen) atoms. The highest BCUT2D eigenvalue weighted by Gasteiger charge is 2.26. The Hall–Kier alpha value is -2.52. The van der Waals surface area contributed by atoms with Crippen molar-refractivity contribution in [1.82, 2.24) is 15.6 Å². The van der Waals surface area contributed by atoms with Gasteiger partial charge in [0.15, 0.2) is 0 Å². The Morgan fingerprint density at radius 3 is 2.56 bits per heavy atom. The van der Waals surface area contributed by atoms with E-state index in [1.807, 2.05) is 24.3 Å². The largest absolute Gasteiger partial charge is 0.480 e. The number of aliphatic carboxylic acids is 1. The number of aromatic amines is 1. The van der Waals surface area contributed by atoms with Gasteiger partial charge in [0.1, 0.15) is 12.1 Å². The number of fused-ring (bicyclic) bond motifs is 1. The number of amides is 2. The van der Waals surface area contributed by atoms with E-state index in [0.29, 0.717) is 0 Å². The van der Waals surface area contributed by atoms with Crippen molar-refractivity contribution in [2.45, 2.75) is 18.5 Å². The number of carbonyl (C=O) groups is 3. The van der Waals surface area contributed by atoms with Crippen LogP contribution in [0.3, 0.4) is 0 Å². The number of nitrogens with one attached hydrogen (secondary N) is 3. The molecule has 0 saturated heterocycles. The van der Waals surface area contributed by atoms with Crippen LogP contribution in [0.25, 0.3) is 10.9 Å². The fourth-order valence-corrected chi connectivity index (χ4v) is 2.69. The quantitative estimate of drug-likeness (QED) is 0.356. The van der Waals surface area contributed by atoms with Gasteiger partial charge in [0, 0.05) is 29.3 Å². The lowest BCUT2D eigenvalue weighted by Crippen LogP contribution is -2.53. The first-order valence-electron chi connectivity index (χ1n) is 7.64. The molecule has 0 bridgehead atoms. The minimum atomic E-state index is -1.20. The highest BCUT2D eigenvalue weighted by atomic mass is 32.1. The summed E-state index contributed by atoms with van der Waals surface area (Å²) in [6, 6.07) is 5.46. The van der Waals surface area contributed by atoms with Crippen molar-refractivity contribution in [1.29, 1.82) is 0 Å². The van der Waals surface area contributed by atoms with E-state index in [1.165, 1.54) is 0 Å². The number of para-hydroxylation sites is 1. The van der Waals surface area contributed by atoms with E-state index in [0.717, 1.165) is 16.5 Å². The molecule has 6 N–H and O–H groups in total. The number of benzene rings is 1. The monoisotopic (exact) mass is 364 g/mol. The molecule has 0 radical (unpaired) electrons. The molecule has 0 spiro atoms. The third-order valence-corrected chi connectivity index (χ3v) is 4.10. The van der Waals surface area contributed by atoms with Gasteiger partial charge in [0.05, 0.1) is 6.54 Å². The second kappa shape index (κ2) is 8.54. The summed E-state index contributed by atoms with van der Waals surface area (Å²) >= 11 is 3.92. The van der Waals surface area contributed by atoms with Gasteiger partial charge in [0.25, 0.3) is 0 Å². The lowest BCUT2D eigenvalue weighted by molar-refractivity contribution is -0.141. The number of carboxylic acid groups (broad SMARTS) is 1. The predicted octanol–water partition coefficient (Wildman–Crippen LogP) is -0.347. The summed E-state index contributed by atoms with van der Waals surface area (Å²) in [5.74, 6) is -2.36. The standard InChI is InChI=1S/C16H20N4O4S/c17-6-14(21)19-12(15(22)20-13(8-25)16(23)24)5-9-7-18-11-4-2-1-3-10(9)11/h1-4,7,12-13,18,25H,5-6,8,17H2,(H,19,21)(H,20,22)(H,23,24)/t12-,13-/m0/s1. The predicted molar refractivity (Wildman–Crippen MR) is 96.4 cm³/mol. The molecule has 134 valence electrons. The van der Waals surface area contributed by atoms with Gasteiger partial charge in [-0.1, -0.05) is 18.2 Å². The van der Waals surface area contributed by atoms with Gasteiger partial charge in [-0.25, -0.2) is 4.79 Å². The van der Waals surface area contributed by atoms with Crippen LogP contribution in [-0.4, -0.2) is 52.3 Å². The zero-order valence-electron chi connectivity index (χ0n) is 13.4. The zero-order valence-corrected chi connectivity index (χ0v) is 14.3. The molecule has 1 aromatic heterocycles. The highest BCUT2D eigenvalue weighted by molar-refractivity contribution is 7.80. The number of carbonyl (C=O) groups excluding carboxylic acids is 2. The molecule has 0 aliphatic heterocycles. The Morgan fingerprint density at radius 1 is 1.20 bits per heavy atom. The number of carboxylic acids is 1. The molecule has 2 aromatic rings. The van der Waals surface area contributed by atoms with Crippen molar-refractivity contribution in [2.75, 3.05) is 12.3 Å². The average Bonchev–Trinajstić information content (AvgIpc) is 3.01. The molecule has 2 amide bonds. The van der Waals surface area contributed by atoms with Crippen LogP contribution in [-0.2, 0) is 20.8 Å². The van der Waals surface area contributed by atoms with Crippen LogP contribution in [0.4, 0.5) is 0 Å². The van der Waals surface area contributed by atoms with Gasteiger partial charge in [0.2, 0.25) is 11.8 Å². The molecular weight excluding hydrogens is 344 g/mol. The summed E-state index contributed by atoms with van der Waals surface area (Å²) in [5, 5.41) is 14.9. The van der Waals surface area contributed by atoms with Crippen LogP contribution in [0.15, 0.2) is 30.5 Å². The van der Waals surface area contributed by atoms with Crippen molar-refractivity contribution in [2.24, 2.45) is 5.73 Å². The number of rotatable bonds is 8. The minimum Gasteiger partial charge on any atom is -0.480 e. The molecule has 1 aromatic carbocycles. The molecule has 2 rings (SSSR count). The second-order valence-electron chi connectivity index (χ2n) is 5.47. The molecule has 9 heteroatoms.